The summed E-state index contributed by atoms with van der Waals surface area (Å²) in [5.41, 5.74) is 0.872. The van der Waals surface area contributed by atoms with Crippen molar-refractivity contribution in [3.63, 3.8) is 0 Å². The predicted molar refractivity (Wildman–Crippen MR) is 58.4 cm³/mol. The number of nitrogens with one attached hydrogen (secondary N) is 1. The van der Waals surface area contributed by atoms with Gasteiger partial charge in [-0.3, -0.25) is 0 Å². The van der Waals surface area contributed by atoms with Crippen molar-refractivity contribution in [2.75, 3.05) is 5.32 Å². The fraction of sp³-hybridized carbons (Fsp3) is 0.111. The molecule has 7 heteroatoms. The van der Waals surface area contributed by atoms with Crippen LogP contribution in [0, 0.1) is 0 Å². The Morgan fingerprint density at radius 3 is 3.06 bits per heavy atom. The highest BCUT2D eigenvalue weighted by Crippen LogP contribution is 2.15. The van der Waals surface area contributed by atoms with Crippen LogP contribution in [0.25, 0.3) is 0 Å². The molecule has 2 heterocycles. The fourth-order valence-corrected chi connectivity index (χ4v) is 1.73. The van der Waals surface area contributed by atoms with Gasteiger partial charge >= 0.3 is 5.97 Å². The Kier molecular flexibility index (Phi) is 3.06. The van der Waals surface area contributed by atoms with Gasteiger partial charge in [-0.05, 0) is 6.07 Å². The third-order valence-corrected chi connectivity index (χ3v) is 2.59. The summed E-state index contributed by atoms with van der Waals surface area (Å²) in [6.45, 7) is 0.495. The molecule has 2 aromatic heterocycles. The molecule has 0 radical (unpaired) electrons. The van der Waals surface area contributed by atoms with Crippen LogP contribution in [0.15, 0.2) is 24.0 Å². The second-order valence-corrected chi connectivity index (χ2v) is 3.76. The summed E-state index contributed by atoms with van der Waals surface area (Å²) in [5, 5.41) is 13.7. The van der Waals surface area contributed by atoms with Crippen LogP contribution in [0.4, 0.5) is 5.13 Å². The Hall–Kier alpha value is -2.02. The number of thiazole rings is 1. The molecule has 82 valence electrons. The van der Waals surface area contributed by atoms with Gasteiger partial charge in [0.25, 0.3) is 0 Å². The van der Waals surface area contributed by atoms with Gasteiger partial charge in [0, 0.05) is 11.6 Å². The van der Waals surface area contributed by atoms with E-state index in [4.69, 9.17) is 5.11 Å². The van der Waals surface area contributed by atoms with Gasteiger partial charge in [0.15, 0.2) is 10.8 Å². The standard InChI is InChI=1S/C9H8N4O2S/c14-8(15)7-4-16-9(13-7)11-3-6-1-2-10-5-12-6/h1-2,4-5H,3H2,(H,11,13)(H,14,15). The van der Waals surface area contributed by atoms with Gasteiger partial charge in [-0.2, -0.15) is 0 Å². The van der Waals surface area contributed by atoms with E-state index in [2.05, 4.69) is 20.3 Å². The van der Waals surface area contributed by atoms with Gasteiger partial charge in [0.2, 0.25) is 0 Å². The molecule has 0 bridgehead atoms. The first kappa shape index (κ1) is 10.5. The SMILES string of the molecule is O=C(O)c1csc(NCc2ccncn2)n1. The summed E-state index contributed by atoms with van der Waals surface area (Å²) in [5.74, 6) is -1.02. The molecule has 0 atom stereocenters. The monoisotopic (exact) mass is 236 g/mol. The molecule has 2 rings (SSSR count). The largest absolute Gasteiger partial charge is 0.476 e. The molecule has 0 saturated heterocycles. The van der Waals surface area contributed by atoms with Crippen molar-refractivity contribution in [3.05, 3.63) is 35.4 Å². The number of carbonyl (C=O) groups is 1. The van der Waals surface area contributed by atoms with E-state index in [9.17, 15) is 4.79 Å². The molecular weight excluding hydrogens is 228 g/mol. The summed E-state index contributed by atoms with van der Waals surface area (Å²) in [6, 6.07) is 1.78. The van der Waals surface area contributed by atoms with Crippen molar-refractivity contribution in [1.82, 2.24) is 15.0 Å². The van der Waals surface area contributed by atoms with Crippen LogP contribution >= 0.6 is 11.3 Å². The smallest absolute Gasteiger partial charge is 0.355 e. The van der Waals surface area contributed by atoms with Crippen molar-refractivity contribution in [2.24, 2.45) is 0 Å². The molecule has 0 saturated carbocycles. The quantitative estimate of drug-likeness (QED) is 0.830. The molecule has 16 heavy (non-hydrogen) atoms. The van der Waals surface area contributed by atoms with E-state index in [-0.39, 0.29) is 5.69 Å². The lowest BCUT2D eigenvalue weighted by molar-refractivity contribution is 0.0691. The minimum atomic E-state index is -1.02. The topological polar surface area (TPSA) is 88.0 Å². The number of anilines is 1. The highest BCUT2D eigenvalue weighted by Gasteiger charge is 2.07. The molecule has 6 nitrogen and oxygen atoms in total. The fourth-order valence-electron chi connectivity index (χ4n) is 1.04. The number of carboxylic acids is 1. The summed E-state index contributed by atoms with van der Waals surface area (Å²) in [7, 11) is 0. The molecule has 0 spiro atoms. The van der Waals surface area contributed by atoms with Gasteiger partial charge in [-0.1, -0.05) is 0 Å². The van der Waals surface area contributed by atoms with Crippen molar-refractivity contribution >= 4 is 22.4 Å². The molecule has 2 N–H and O–H groups in total. The van der Waals surface area contributed by atoms with Crippen LogP contribution < -0.4 is 5.32 Å². The Morgan fingerprint density at radius 1 is 1.56 bits per heavy atom. The average Bonchev–Trinajstić information content (AvgIpc) is 2.76. The molecule has 0 amide bonds. The maximum absolute atomic E-state index is 10.6. The zero-order valence-corrected chi connectivity index (χ0v) is 8.94. The Labute approximate surface area is 95.0 Å². The maximum atomic E-state index is 10.6. The van der Waals surface area contributed by atoms with Crippen LogP contribution in [0.5, 0.6) is 0 Å². The summed E-state index contributed by atoms with van der Waals surface area (Å²) >= 11 is 1.25. The highest BCUT2D eigenvalue weighted by atomic mass is 32.1. The number of hydrogen-bond donors (Lipinski definition) is 2. The summed E-state index contributed by atoms with van der Waals surface area (Å²) in [6.07, 6.45) is 3.11. The second kappa shape index (κ2) is 4.67. The van der Waals surface area contributed by atoms with E-state index in [1.165, 1.54) is 23.0 Å². The lowest BCUT2D eigenvalue weighted by Gasteiger charge is -2.00. The van der Waals surface area contributed by atoms with E-state index in [0.29, 0.717) is 11.7 Å². The van der Waals surface area contributed by atoms with Gasteiger partial charge in [-0.25, -0.2) is 19.7 Å². The normalized spacial score (nSPS) is 10.0. The zero-order valence-electron chi connectivity index (χ0n) is 8.12. The minimum absolute atomic E-state index is 0.0511. The lowest BCUT2D eigenvalue weighted by atomic mass is 10.4. The number of nitrogens with zero attached hydrogens (tertiary/aromatic N) is 3. The highest BCUT2D eigenvalue weighted by molar-refractivity contribution is 7.13. The van der Waals surface area contributed by atoms with Crippen molar-refractivity contribution < 1.29 is 9.90 Å². The predicted octanol–water partition coefficient (Wildman–Crippen LogP) is 1.24. The van der Waals surface area contributed by atoms with E-state index >= 15 is 0 Å². The number of carboxylic acid groups (broad SMARTS) is 1. The molecule has 2 aromatic rings. The first-order valence-electron chi connectivity index (χ1n) is 4.43. The van der Waals surface area contributed by atoms with Crippen molar-refractivity contribution in [1.29, 1.82) is 0 Å². The molecule has 0 unspecified atom stereocenters. The van der Waals surface area contributed by atoms with Crippen molar-refractivity contribution in [3.8, 4) is 0 Å². The number of rotatable bonds is 4. The average molecular weight is 236 g/mol. The van der Waals surface area contributed by atoms with Crippen molar-refractivity contribution in [2.45, 2.75) is 6.54 Å². The Bertz CT molecular complexity index is 485. The van der Waals surface area contributed by atoms with Crippen LogP contribution in [0.1, 0.15) is 16.2 Å². The number of aromatic nitrogens is 3. The molecule has 0 fully saturated rings. The van der Waals surface area contributed by atoms with E-state index < -0.39 is 5.97 Å². The lowest BCUT2D eigenvalue weighted by Crippen LogP contribution is -2.02. The zero-order chi connectivity index (χ0) is 11.4. The Morgan fingerprint density at radius 2 is 2.44 bits per heavy atom. The maximum Gasteiger partial charge on any atom is 0.355 e. The van der Waals surface area contributed by atoms with Gasteiger partial charge in [0.05, 0.1) is 12.2 Å². The van der Waals surface area contributed by atoms with E-state index in [1.807, 2.05) is 0 Å². The first-order chi connectivity index (χ1) is 7.75. The van der Waals surface area contributed by atoms with Crippen LogP contribution in [-0.2, 0) is 6.54 Å². The van der Waals surface area contributed by atoms with Gasteiger partial charge < -0.3 is 10.4 Å². The first-order valence-corrected chi connectivity index (χ1v) is 5.31. The van der Waals surface area contributed by atoms with E-state index in [1.54, 1.807) is 12.3 Å². The molecule has 0 aliphatic carbocycles. The van der Waals surface area contributed by atoms with Gasteiger partial charge in [0.1, 0.15) is 6.33 Å². The molecular formula is C9H8N4O2S. The van der Waals surface area contributed by atoms with Crippen LogP contribution in [0.3, 0.4) is 0 Å². The third-order valence-electron chi connectivity index (χ3n) is 1.79. The third kappa shape index (κ3) is 2.51. The summed E-state index contributed by atoms with van der Waals surface area (Å²) < 4.78 is 0. The van der Waals surface area contributed by atoms with Crippen LogP contribution in [-0.4, -0.2) is 26.0 Å². The van der Waals surface area contributed by atoms with E-state index in [0.717, 1.165) is 5.69 Å². The number of hydrogen-bond acceptors (Lipinski definition) is 6. The summed E-state index contributed by atoms with van der Waals surface area (Å²) in [4.78, 5) is 22.3. The minimum Gasteiger partial charge on any atom is -0.476 e. The number of aromatic carboxylic acids is 1. The van der Waals surface area contributed by atoms with Crippen LogP contribution in [0.2, 0.25) is 0 Å². The second-order valence-electron chi connectivity index (χ2n) is 2.90. The molecule has 0 aromatic carbocycles. The molecule has 0 aliphatic rings. The molecule has 0 aliphatic heterocycles. The van der Waals surface area contributed by atoms with Gasteiger partial charge in [-0.15, -0.1) is 11.3 Å². The Balaban J connectivity index is 1.97.